The molecular weight excluding hydrogens is 282 g/mol. The molecule has 0 fully saturated rings. The first-order valence-electron chi connectivity index (χ1n) is 6.73. The molecule has 0 unspecified atom stereocenters. The molecule has 0 spiro atoms. The number of fused-ring (bicyclic) bond motifs is 1. The molecule has 3 aromatic rings. The Hall–Kier alpha value is -2.14. The van der Waals surface area contributed by atoms with E-state index in [1.54, 1.807) is 18.4 Å². The molecule has 0 saturated carbocycles. The van der Waals surface area contributed by atoms with Crippen LogP contribution in [-0.4, -0.2) is 24.1 Å². The molecule has 0 atom stereocenters. The topological polar surface area (TPSA) is 47.0 Å². The van der Waals surface area contributed by atoms with E-state index >= 15 is 0 Å². The van der Waals surface area contributed by atoms with Crippen LogP contribution in [0.2, 0.25) is 0 Å². The lowest BCUT2D eigenvalue weighted by Gasteiger charge is -2.08. The van der Waals surface area contributed by atoms with Crippen LogP contribution in [0, 0.1) is 13.8 Å². The average molecular weight is 299 g/mol. The zero-order valence-electron chi connectivity index (χ0n) is 12.5. The third-order valence-electron chi connectivity index (χ3n) is 3.41. The maximum absolute atomic E-state index is 5.30. The first kappa shape index (κ1) is 13.8. The lowest BCUT2D eigenvalue weighted by Crippen LogP contribution is -1.97. The molecule has 0 aliphatic heterocycles. The van der Waals surface area contributed by atoms with E-state index in [0.717, 1.165) is 38.7 Å². The minimum atomic E-state index is 0.736. The summed E-state index contributed by atoms with van der Waals surface area (Å²) in [5.74, 6) is 2.48. The Labute approximate surface area is 127 Å². The van der Waals surface area contributed by atoms with Gasteiger partial charge in [0.1, 0.15) is 16.4 Å². The predicted molar refractivity (Wildman–Crippen MR) is 88.4 cm³/mol. The monoisotopic (exact) mass is 299 g/mol. The van der Waals surface area contributed by atoms with Crippen LogP contribution in [-0.2, 0) is 0 Å². The summed E-state index contributed by atoms with van der Waals surface area (Å²) in [4.78, 5) is 11.6. The van der Waals surface area contributed by atoms with Gasteiger partial charge in [-0.1, -0.05) is 0 Å². The van der Waals surface area contributed by atoms with Gasteiger partial charge in [0.05, 0.1) is 12.5 Å². The molecule has 4 nitrogen and oxygen atoms in total. The molecule has 21 heavy (non-hydrogen) atoms. The third-order valence-corrected chi connectivity index (χ3v) is 4.35. The van der Waals surface area contributed by atoms with Crippen molar-refractivity contribution < 1.29 is 4.74 Å². The summed E-state index contributed by atoms with van der Waals surface area (Å²) in [5, 5.41) is 4.24. The summed E-state index contributed by atoms with van der Waals surface area (Å²) in [6.07, 6.45) is 0. The molecule has 3 rings (SSSR count). The number of hydrogen-bond donors (Lipinski definition) is 1. The van der Waals surface area contributed by atoms with Gasteiger partial charge >= 0.3 is 0 Å². The number of nitrogens with zero attached hydrogens (tertiary/aromatic N) is 2. The van der Waals surface area contributed by atoms with Crippen molar-refractivity contribution in [2.24, 2.45) is 0 Å². The van der Waals surface area contributed by atoms with E-state index in [2.05, 4.69) is 29.4 Å². The molecule has 1 N–H and O–H groups in total. The van der Waals surface area contributed by atoms with Crippen LogP contribution < -0.4 is 10.1 Å². The average Bonchev–Trinajstić information content (AvgIpc) is 2.86. The fourth-order valence-corrected chi connectivity index (χ4v) is 3.26. The van der Waals surface area contributed by atoms with Gasteiger partial charge in [-0.15, -0.1) is 11.3 Å². The number of aromatic nitrogens is 2. The number of rotatable bonds is 3. The normalized spacial score (nSPS) is 10.9. The highest BCUT2D eigenvalue weighted by molar-refractivity contribution is 7.18. The molecule has 0 bridgehead atoms. The molecule has 0 saturated heterocycles. The number of ether oxygens (including phenoxy) is 1. The molecular formula is C16H17N3OS. The lowest BCUT2D eigenvalue weighted by atomic mass is 10.1. The van der Waals surface area contributed by atoms with E-state index in [9.17, 15) is 0 Å². The van der Waals surface area contributed by atoms with E-state index in [1.165, 1.54) is 4.88 Å². The van der Waals surface area contributed by atoms with Crippen LogP contribution in [0.3, 0.4) is 0 Å². The smallest absolute Gasteiger partial charge is 0.163 e. The standard InChI is InChI=1S/C16H17N3OS/c1-9-7-11(5-6-13(9)20-4)14-18-15(17-3)12-8-10(2)21-16(12)19-14/h5-8H,1-4H3,(H,17,18,19). The van der Waals surface area contributed by atoms with Crippen LogP contribution in [0.4, 0.5) is 5.82 Å². The first-order chi connectivity index (χ1) is 10.1. The maximum Gasteiger partial charge on any atom is 0.163 e. The Morgan fingerprint density at radius 2 is 1.95 bits per heavy atom. The van der Waals surface area contributed by atoms with Gasteiger partial charge in [-0.25, -0.2) is 9.97 Å². The highest BCUT2D eigenvalue weighted by Crippen LogP contribution is 2.31. The number of anilines is 1. The Balaban J connectivity index is 2.17. The van der Waals surface area contributed by atoms with Gasteiger partial charge in [0, 0.05) is 17.5 Å². The molecule has 0 radical (unpaired) electrons. The quantitative estimate of drug-likeness (QED) is 0.793. The van der Waals surface area contributed by atoms with Gasteiger partial charge in [-0.3, -0.25) is 0 Å². The van der Waals surface area contributed by atoms with Gasteiger partial charge in [-0.2, -0.15) is 0 Å². The second-order valence-electron chi connectivity index (χ2n) is 4.91. The second kappa shape index (κ2) is 5.33. The fraction of sp³-hybridized carbons (Fsp3) is 0.250. The summed E-state index contributed by atoms with van der Waals surface area (Å²) >= 11 is 1.69. The van der Waals surface area contributed by atoms with Crippen LogP contribution in [0.25, 0.3) is 21.6 Å². The van der Waals surface area contributed by atoms with Crippen molar-refractivity contribution in [2.75, 3.05) is 19.5 Å². The molecule has 0 aliphatic rings. The zero-order valence-corrected chi connectivity index (χ0v) is 13.3. The maximum atomic E-state index is 5.30. The van der Waals surface area contributed by atoms with Gasteiger partial charge < -0.3 is 10.1 Å². The van der Waals surface area contributed by atoms with Crippen molar-refractivity contribution in [1.82, 2.24) is 9.97 Å². The van der Waals surface area contributed by atoms with Gasteiger partial charge in [0.2, 0.25) is 0 Å². The fourth-order valence-electron chi connectivity index (χ4n) is 2.38. The molecule has 0 aliphatic carbocycles. The van der Waals surface area contributed by atoms with Crippen LogP contribution in [0.5, 0.6) is 5.75 Å². The van der Waals surface area contributed by atoms with E-state index in [1.807, 2.05) is 26.1 Å². The number of nitrogens with one attached hydrogen (secondary N) is 1. The van der Waals surface area contributed by atoms with Crippen LogP contribution >= 0.6 is 11.3 Å². The highest BCUT2D eigenvalue weighted by atomic mass is 32.1. The van der Waals surface area contributed by atoms with Gasteiger partial charge in [0.25, 0.3) is 0 Å². The summed E-state index contributed by atoms with van der Waals surface area (Å²) in [5.41, 5.74) is 2.07. The van der Waals surface area contributed by atoms with Crippen molar-refractivity contribution in [3.05, 3.63) is 34.7 Å². The molecule has 0 amide bonds. The summed E-state index contributed by atoms with van der Waals surface area (Å²) in [6.45, 7) is 4.11. The first-order valence-corrected chi connectivity index (χ1v) is 7.55. The summed E-state index contributed by atoms with van der Waals surface area (Å²) in [7, 11) is 3.57. The Morgan fingerprint density at radius 1 is 1.14 bits per heavy atom. The van der Waals surface area contributed by atoms with Crippen molar-refractivity contribution in [3.63, 3.8) is 0 Å². The van der Waals surface area contributed by atoms with Crippen molar-refractivity contribution in [2.45, 2.75) is 13.8 Å². The highest BCUT2D eigenvalue weighted by Gasteiger charge is 2.12. The SMILES string of the molecule is CNc1nc(-c2ccc(OC)c(C)c2)nc2sc(C)cc12. The van der Waals surface area contributed by atoms with Crippen LogP contribution in [0.1, 0.15) is 10.4 Å². The zero-order chi connectivity index (χ0) is 15.0. The van der Waals surface area contributed by atoms with Crippen molar-refractivity contribution in [1.29, 1.82) is 0 Å². The number of hydrogen-bond acceptors (Lipinski definition) is 5. The molecule has 2 aromatic heterocycles. The molecule has 108 valence electrons. The number of aryl methyl sites for hydroxylation is 2. The van der Waals surface area contributed by atoms with E-state index in [4.69, 9.17) is 9.72 Å². The number of benzene rings is 1. The van der Waals surface area contributed by atoms with Crippen molar-refractivity contribution >= 4 is 27.4 Å². The Bertz CT molecular complexity index is 811. The number of methoxy groups -OCH3 is 1. The second-order valence-corrected chi connectivity index (χ2v) is 6.14. The Morgan fingerprint density at radius 3 is 2.62 bits per heavy atom. The van der Waals surface area contributed by atoms with E-state index in [0.29, 0.717) is 0 Å². The lowest BCUT2D eigenvalue weighted by molar-refractivity contribution is 0.412. The third kappa shape index (κ3) is 2.45. The van der Waals surface area contributed by atoms with Crippen LogP contribution in [0.15, 0.2) is 24.3 Å². The minimum Gasteiger partial charge on any atom is -0.496 e. The predicted octanol–water partition coefficient (Wildman–Crippen LogP) is 4.03. The minimum absolute atomic E-state index is 0.736. The van der Waals surface area contributed by atoms with Gasteiger partial charge in [0.15, 0.2) is 5.82 Å². The molecule has 1 aromatic carbocycles. The summed E-state index contributed by atoms with van der Waals surface area (Å²) in [6, 6.07) is 8.12. The van der Waals surface area contributed by atoms with Crippen molar-refractivity contribution in [3.8, 4) is 17.1 Å². The van der Waals surface area contributed by atoms with E-state index in [-0.39, 0.29) is 0 Å². The summed E-state index contributed by atoms with van der Waals surface area (Å²) < 4.78 is 5.30. The van der Waals surface area contributed by atoms with Gasteiger partial charge in [-0.05, 0) is 43.7 Å². The Kier molecular flexibility index (Phi) is 3.51. The molecule has 2 heterocycles. The largest absolute Gasteiger partial charge is 0.496 e. The van der Waals surface area contributed by atoms with E-state index < -0.39 is 0 Å². The number of thiophene rings is 1. The molecule has 5 heteroatoms.